The summed E-state index contributed by atoms with van der Waals surface area (Å²) in [5.74, 6) is -10.4. The van der Waals surface area contributed by atoms with Crippen LogP contribution < -0.4 is 10.1 Å². The Kier molecular flexibility index (Phi) is 9.87. The van der Waals surface area contributed by atoms with E-state index in [1.807, 2.05) is 41.9 Å². The molecule has 1 aliphatic rings. The highest BCUT2D eigenvalue weighted by molar-refractivity contribution is 5.98. The standard InChI is InChI=1S/C31H35F4N3O6/c1-31(2,3)44-25(40)15-21(24(39)16-43-28-26(34)19(32)14-20(33)27(28)35)36-29(41)17-9-11-38(12-10-17)30(42)23-13-18-7-5-6-8-22(18)37(23)4/h5-8,13-14,17,21,24,39H,9-12,15-16H2,1-4H3,(H,36,41)/t21-,24?/m0/s1. The number of carbonyl (C=O) groups excluding carboxylic acids is 3. The number of esters is 1. The Balaban J connectivity index is 1.41. The molecule has 13 heteroatoms. The molecule has 1 unspecified atom stereocenters. The number of rotatable bonds is 9. The van der Waals surface area contributed by atoms with Crippen molar-refractivity contribution in [3.05, 3.63) is 65.4 Å². The topological polar surface area (TPSA) is 110 Å². The van der Waals surface area contributed by atoms with Gasteiger partial charge in [-0.2, -0.15) is 8.78 Å². The molecule has 4 rings (SSSR count). The molecular formula is C31H35F4N3O6. The van der Waals surface area contributed by atoms with Gasteiger partial charge in [0.1, 0.15) is 24.0 Å². The number of hydrogen-bond acceptors (Lipinski definition) is 6. The van der Waals surface area contributed by atoms with E-state index in [1.54, 1.807) is 25.7 Å². The summed E-state index contributed by atoms with van der Waals surface area (Å²) in [5, 5.41) is 14.3. The van der Waals surface area contributed by atoms with Crippen LogP contribution in [-0.2, 0) is 21.4 Å². The van der Waals surface area contributed by atoms with E-state index in [1.165, 1.54) is 0 Å². The second-order valence-corrected chi connectivity index (χ2v) is 11.8. The van der Waals surface area contributed by atoms with Crippen LogP contribution in [0, 0.1) is 29.2 Å². The minimum Gasteiger partial charge on any atom is -0.485 e. The normalized spacial score (nSPS) is 15.6. The number of nitrogens with one attached hydrogen (secondary N) is 1. The molecule has 1 fully saturated rings. The van der Waals surface area contributed by atoms with E-state index in [9.17, 15) is 37.1 Å². The number of aromatic nitrogens is 1. The number of ether oxygens (including phenoxy) is 2. The molecule has 2 aromatic carbocycles. The minimum absolute atomic E-state index is 0.0142. The van der Waals surface area contributed by atoms with Crippen molar-refractivity contribution in [2.45, 2.75) is 57.8 Å². The Morgan fingerprint density at radius 2 is 1.64 bits per heavy atom. The summed E-state index contributed by atoms with van der Waals surface area (Å²) in [5.41, 5.74) is 0.541. The van der Waals surface area contributed by atoms with E-state index in [4.69, 9.17) is 9.47 Å². The van der Waals surface area contributed by atoms with Crippen molar-refractivity contribution in [1.82, 2.24) is 14.8 Å². The maximum Gasteiger partial charge on any atom is 0.308 e. The maximum atomic E-state index is 14.1. The van der Waals surface area contributed by atoms with Gasteiger partial charge in [0, 0.05) is 43.0 Å². The summed E-state index contributed by atoms with van der Waals surface area (Å²) in [6, 6.07) is 8.10. The first-order valence-corrected chi connectivity index (χ1v) is 14.2. The summed E-state index contributed by atoms with van der Waals surface area (Å²) in [7, 11) is 1.81. The maximum absolute atomic E-state index is 14.1. The molecule has 2 amide bonds. The second-order valence-electron chi connectivity index (χ2n) is 11.8. The first-order valence-electron chi connectivity index (χ1n) is 14.2. The zero-order chi connectivity index (χ0) is 32.3. The molecule has 2 atom stereocenters. The lowest BCUT2D eigenvalue weighted by Gasteiger charge is -2.33. The van der Waals surface area contributed by atoms with Gasteiger partial charge in [-0.1, -0.05) is 18.2 Å². The molecule has 0 aliphatic carbocycles. The van der Waals surface area contributed by atoms with Crippen LogP contribution in [0.3, 0.4) is 0 Å². The number of benzene rings is 2. The Morgan fingerprint density at radius 1 is 1.02 bits per heavy atom. The van der Waals surface area contributed by atoms with Gasteiger partial charge >= 0.3 is 5.97 Å². The number of aliphatic hydroxyl groups is 1. The van der Waals surface area contributed by atoms with Gasteiger partial charge in [0.2, 0.25) is 17.5 Å². The third-order valence-electron chi connectivity index (χ3n) is 7.39. The average Bonchev–Trinajstić information content (AvgIpc) is 3.30. The molecule has 0 saturated carbocycles. The lowest BCUT2D eigenvalue weighted by molar-refractivity contribution is -0.156. The zero-order valence-corrected chi connectivity index (χ0v) is 24.8. The van der Waals surface area contributed by atoms with Crippen LogP contribution >= 0.6 is 0 Å². The number of piperidine rings is 1. The monoisotopic (exact) mass is 621 g/mol. The van der Waals surface area contributed by atoms with Crippen molar-refractivity contribution in [1.29, 1.82) is 0 Å². The fraction of sp³-hybridized carbons (Fsp3) is 0.452. The number of aryl methyl sites for hydroxylation is 1. The lowest BCUT2D eigenvalue weighted by atomic mass is 9.94. The Bertz CT molecular complexity index is 1520. The van der Waals surface area contributed by atoms with Crippen LogP contribution in [0.5, 0.6) is 5.75 Å². The number of fused-ring (bicyclic) bond motifs is 1. The molecule has 9 nitrogen and oxygen atoms in total. The van der Waals surface area contributed by atoms with Gasteiger partial charge in [0.15, 0.2) is 17.4 Å². The highest BCUT2D eigenvalue weighted by Crippen LogP contribution is 2.27. The van der Waals surface area contributed by atoms with Crippen molar-refractivity contribution in [3.63, 3.8) is 0 Å². The van der Waals surface area contributed by atoms with Crippen LogP contribution in [0.1, 0.15) is 50.5 Å². The van der Waals surface area contributed by atoms with Crippen molar-refractivity contribution in [3.8, 4) is 5.75 Å². The molecule has 0 bridgehead atoms. The Labute approximate surface area is 251 Å². The van der Waals surface area contributed by atoms with E-state index < -0.39 is 77.6 Å². The molecule has 3 aromatic rings. The second kappa shape index (κ2) is 13.2. The highest BCUT2D eigenvalue weighted by Gasteiger charge is 2.34. The van der Waals surface area contributed by atoms with Gasteiger partial charge in [-0.25, -0.2) is 8.78 Å². The largest absolute Gasteiger partial charge is 0.485 e. The van der Waals surface area contributed by atoms with Crippen LogP contribution in [0.25, 0.3) is 10.9 Å². The fourth-order valence-electron chi connectivity index (χ4n) is 5.11. The van der Waals surface area contributed by atoms with Crippen molar-refractivity contribution < 1.29 is 46.5 Å². The highest BCUT2D eigenvalue weighted by atomic mass is 19.2. The summed E-state index contributed by atoms with van der Waals surface area (Å²) in [6.45, 7) is 4.51. The fourth-order valence-corrected chi connectivity index (χ4v) is 5.11. The predicted molar refractivity (Wildman–Crippen MR) is 152 cm³/mol. The first kappa shape index (κ1) is 32.8. The number of likely N-dealkylation sites (tertiary alicyclic amines) is 1. The van der Waals surface area contributed by atoms with Gasteiger partial charge in [0.25, 0.3) is 5.91 Å². The SMILES string of the molecule is Cn1c(C(=O)N2CCC(C(=O)N[C@@H](CC(=O)OC(C)(C)C)C(O)COc3c(F)c(F)cc(F)c3F)CC2)cc2ccccc21. The van der Waals surface area contributed by atoms with Gasteiger partial charge in [0.05, 0.1) is 12.5 Å². The molecule has 0 radical (unpaired) electrons. The lowest BCUT2D eigenvalue weighted by Crippen LogP contribution is -2.51. The minimum atomic E-state index is -1.80. The number of carbonyl (C=O) groups is 3. The molecular weight excluding hydrogens is 586 g/mol. The van der Waals surface area contributed by atoms with E-state index in [-0.39, 0.29) is 25.1 Å². The van der Waals surface area contributed by atoms with Gasteiger partial charge in [-0.15, -0.1) is 0 Å². The summed E-state index contributed by atoms with van der Waals surface area (Å²) < 4.78 is 67.2. The summed E-state index contributed by atoms with van der Waals surface area (Å²) >= 11 is 0. The van der Waals surface area contributed by atoms with Crippen LogP contribution in [0.4, 0.5) is 17.6 Å². The average molecular weight is 622 g/mol. The zero-order valence-electron chi connectivity index (χ0n) is 24.8. The number of amides is 2. The number of aliphatic hydroxyl groups excluding tert-OH is 1. The molecule has 1 aliphatic heterocycles. The predicted octanol–water partition coefficient (Wildman–Crippen LogP) is 4.24. The van der Waals surface area contributed by atoms with Crippen LogP contribution in [0.15, 0.2) is 36.4 Å². The molecule has 2 N–H and O–H groups in total. The van der Waals surface area contributed by atoms with Gasteiger partial charge in [-0.3, -0.25) is 14.4 Å². The number of hydrogen-bond donors (Lipinski definition) is 2. The molecule has 0 spiro atoms. The smallest absolute Gasteiger partial charge is 0.308 e. The van der Waals surface area contributed by atoms with E-state index in [0.29, 0.717) is 18.5 Å². The third-order valence-corrected chi connectivity index (χ3v) is 7.39. The van der Waals surface area contributed by atoms with Crippen molar-refractivity contribution in [2.75, 3.05) is 19.7 Å². The summed E-state index contributed by atoms with van der Waals surface area (Å²) in [6.07, 6.45) is -1.67. The van der Waals surface area contributed by atoms with Crippen molar-refractivity contribution in [2.24, 2.45) is 13.0 Å². The molecule has 2 heterocycles. The van der Waals surface area contributed by atoms with Gasteiger partial charge in [-0.05, 0) is 45.7 Å². The molecule has 44 heavy (non-hydrogen) atoms. The van der Waals surface area contributed by atoms with Crippen LogP contribution in [0.2, 0.25) is 0 Å². The van der Waals surface area contributed by atoms with Gasteiger partial charge < -0.3 is 29.4 Å². The summed E-state index contributed by atoms with van der Waals surface area (Å²) in [4.78, 5) is 40.7. The molecule has 238 valence electrons. The molecule has 1 aromatic heterocycles. The van der Waals surface area contributed by atoms with E-state index >= 15 is 0 Å². The Morgan fingerprint density at radius 3 is 2.23 bits per heavy atom. The number of para-hydroxylation sites is 1. The number of nitrogens with zero attached hydrogens (tertiary/aromatic N) is 2. The van der Waals surface area contributed by atoms with Crippen LogP contribution in [-0.4, -0.2) is 69.8 Å². The number of halogens is 4. The Hall–Kier alpha value is -4.13. The van der Waals surface area contributed by atoms with E-state index in [0.717, 1.165) is 10.9 Å². The first-order chi connectivity index (χ1) is 20.7. The quantitative estimate of drug-likeness (QED) is 0.210. The van der Waals surface area contributed by atoms with Crippen molar-refractivity contribution >= 4 is 28.7 Å². The molecule has 1 saturated heterocycles. The third kappa shape index (κ3) is 7.50. The van der Waals surface area contributed by atoms with E-state index in [2.05, 4.69) is 5.32 Å².